The second kappa shape index (κ2) is 5.50. The largest absolute Gasteiger partial charge is 0.306 e. The standard InChI is InChI=1S/C18H28N2/c1-12-9-14(3)17(10-13(12)2)15(4)19-18-11-20-7-5-16(18)6-8-20/h9-10,15-16,18-19H,5-8,11H2,1-4H3. The van der Waals surface area contributed by atoms with Gasteiger partial charge in [-0.15, -0.1) is 0 Å². The van der Waals surface area contributed by atoms with Crippen LogP contribution in [0.2, 0.25) is 0 Å². The van der Waals surface area contributed by atoms with E-state index in [-0.39, 0.29) is 0 Å². The molecule has 3 fully saturated rings. The van der Waals surface area contributed by atoms with Crippen molar-refractivity contribution in [2.75, 3.05) is 19.6 Å². The van der Waals surface area contributed by atoms with Gasteiger partial charge in [0, 0.05) is 18.6 Å². The maximum Gasteiger partial charge on any atom is 0.0297 e. The van der Waals surface area contributed by atoms with Crippen molar-refractivity contribution in [3.63, 3.8) is 0 Å². The summed E-state index contributed by atoms with van der Waals surface area (Å²) in [6.07, 6.45) is 2.77. The van der Waals surface area contributed by atoms with Crippen molar-refractivity contribution < 1.29 is 0 Å². The van der Waals surface area contributed by atoms with Gasteiger partial charge in [-0.3, -0.25) is 0 Å². The van der Waals surface area contributed by atoms with Gasteiger partial charge in [-0.2, -0.15) is 0 Å². The van der Waals surface area contributed by atoms with Crippen LogP contribution >= 0.6 is 0 Å². The van der Waals surface area contributed by atoms with Crippen LogP contribution in [0.25, 0.3) is 0 Å². The minimum absolute atomic E-state index is 0.458. The first-order valence-electron chi connectivity index (χ1n) is 8.10. The lowest BCUT2D eigenvalue weighted by atomic mass is 9.83. The number of rotatable bonds is 3. The molecule has 4 rings (SSSR count). The fraction of sp³-hybridized carbons (Fsp3) is 0.667. The third kappa shape index (κ3) is 2.64. The number of benzene rings is 1. The van der Waals surface area contributed by atoms with Crippen LogP contribution in [-0.2, 0) is 0 Å². The Kier molecular flexibility index (Phi) is 3.87. The highest BCUT2D eigenvalue weighted by atomic mass is 15.2. The monoisotopic (exact) mass is 272 g/mol. The Balaban J connectivity index is 1.73. The fourth-order valence-corrected chi connectivity index (χ4v) is 4.01. The molecule has 110 valence electrons. The topological polar surface area (TPSA) is 15.3 Å². The quantitative estimate of drug-likeness (QED) is 0.907. The Morgan fingerprint density at radius 3 is 2.30 bits per heavy atom. The van der Waals surface area contributed by atoms with E-state index >= 15 is 0 Å². The number of hydrogen-bond donors (Lipinski definition) is 1. The molecule has 2 bridgehead atoms. The van der Waals surface area contributed by atoms with Gasteiger partial charge in [0.2, 0.25) is 0 Å². The zero-order chi connectivity index (χ0) is 14.3. The molecule has 3 heterocycles. The molecular formula is C18H28N2. The Morgan fingerprint density at radius 1 is 1.05 bits per heavy atom. The van der Waals surface area contributed by atoms with E-state index in [0.717, 1.165) is 5.92 Å². The second-order valence-corrected chi connectivity index (χ2v) is 6.93. The minimum atomic E-state index is 0.458. The van der Waals surface area contributed by atoms with Gasteiger partial charge in [0.1, 0.15) is 0 Å². The van der Waals surface area contributed by atoms with Crippen molar-refractivity contribution >= 4 is 0 Å². The number of fused-ring (bicyclic) bond motifs is 3. The molecule has 0 aromatic heterocycles. The fourth-order valence-electron chi connectivity index (χ4n) is 4.01. The molecule has 2 nitrogen and oxygen atoms in total. The number of nitrogens with zero attached hydrogens (tertiary/aromatic N) is 1. The third-order valence-electron chi connectivity index (χ3n) is 5.47. The molecule has 0 amide bonds. The first kappa shape index (κ1) is 14.1. The van der Waals surface area contributed by atoms with Gasteiger partial charge in [-0.25, -0.2) is 0 Å². The molecule has 0 radical (unpaired) electrons. The first-order valence-corrected chi connectivity index (χ1v) is 8.10. The molecule has 20 heavy (non-hydrogen) atoms. The molecule has 0 saturated carbocycles. The predicted octanol–water partition coefficient (Wildman–Crippen LogP) is 3.36. The van der Waals surface area contributed by atoms with Crippen LogP contribution in [0.4, 0.5) is 0 Å². The molecule has 0 aliphatic carbocycles. The van der Waals surface area contributed by atoms with Gasteiger partial charge in [-0.05, 0) is 81.8 Å². The summed E-state index contributed by atoms with van der Waals surface area (Å²) in [7, 11) is 0. The summed E-state index contributed by atoms with van der Waals surface area (Å²) < 4.78 is 0. The van der Waals surface area contributed by atoms with Crippen LogP contribution in [0.1, 0.15) is 48.1 Å². The molecule has 2 unspecified atom stereocenters. The zero-order valence-electron chi connectivity index (χ0n) is 13.4. The summed E-state index contributed by atoms with van der Waals surface area (Å²) in [5.74, 6) is 0.898. The summed E-state index contributed by atoms with van der Waals surface area (Å²) in [5, 5.41) is 3.91. The average molecular weight is 272 g/mol. The van der Waals surface area contributed by atoms with E-state index in [1.165, 1.54) is 54.7 Å². The Bertz CT molecular complexity index is 486. The smallest absolute Gasteiger partial charge is 0.0297 e. The second-order valence-electron chi connectivity index (χ2n) is 6.93. The van der Waals surface area contributed by atoms with E-state index in [4.69, 9.17) is 0 Å². The van der Waals surface area contributed by atoms with Crippen molar-refractivity contribution in [2.45, 2.75) is 52.6 Å². The number of piperidine rings is 3. The highest BCUT2D eigenvalue weighted by Crippen LogP contribution is 2.30. The first-order chi connectivity index (χ1) is 9.54. The SMILES string of the molecule is Cc1cc(C)c(C(C)NC2CN3CCC2CC3)cc1C. The summed E-state index contributed by atoms with van der Waals surface area (Å²) in [4.78, 5) is 2.62. The molecule has 3 aliphatic rings. The lowest BCUT2D eigenvalue weighted by molar-refractivity contribution is 0.0680. The van der Waals surface area contributed by atoms with Crippen LogP contribution < -0.4 is 5.32 Å². The maximum atomic E-state index is 3.91. The third-order valence-corrected chi connectivity index (χ3v) is 5.47. The number of nitrogens with one attached hydrogen (secondary N) is 1. The van der Waals surface area contributed by atoms with E-state index in [9.17, 15) is 0 Å². The Hall–Kier alpha value is -0.860. The summed E-state index contributed by atoms with van der Waals surface area (Å²) in [6, 6.07) is 5.86. The molecule has 2 heteroatoms. The van der Waals surface area contributed by atoms with Gasteiger partial charge in [0.15, 0.2) is 0 Å². The molecular weight excluding hydrogens is 244 g/mol. The molecule has 1 N–H and O–H groups in total. The molecule has 3 aliphatic heterocycles. The molecule has 3 saturated heterocycles. The summed E-state index contributed by atoms with van der Waals surface area (Å²) in [6.45, 7) is 12.9. The lowest BCUT2D eigenvalue weighted by Gasteiger charge is -2.46. The normalized spacial score (nSPS) is 30.5. The molecule has 1 aromatic carbocycles. The zero-order valence-corrected chi connectivity index (χ0v) is 13.4. The molecule has 2 atom stereocenters. The van der Waals surface area contributed by atoms with Crippen molar-refractivity contribution in [2.24, 2.45) is 5.92 Å². The van der Waals surface area contributed by atoms with Gasteiger partial charge in [0.05, 0.1) is 0 Å². The number of hydrogen-bond acceptors (Lipinski definition) is 2. The Morgan fingerprint density at radius 2 is 1.70 bits per heavy atom. The van der Waals surface area contributed by atoms with Gasteiger partial charge < -0.3 is 10.2 Å². The van der Waals surface area contributed by atoms with E-state index < -0.39 is 0 Å². The van der Waals surface area contributed by atoms with Crippen molar-refractivity contribution in [3.05, 3.63) is 34.4 Å². The van der Waals surface area contributed by atoms with Crippen LogP contribution in [0.3, 0.4) is 0 Å². The highest BCUT2D eigenvalue weighted by Gasteiger charge is 2.34. The van der Waals surface area contributed by atoms with Crippen LogP contribution in [0.5, 0.6) is 0 Å². The van der Waals surface area contributed by atoms with Gasteiger partial charge in [0.25, 0.3) is 0 Å². The van der Waals surface area contributed by atoms with E-state index in [1.807, 2.05) is 0 Å². The minimum Gasteiger partial charge on any atom is -0.306 e. The van der Waals surface area contributed by atoms with Crippen LogP contribution in [0.15, 0.2) is 12.1 Å². The van der Waals surface area contributed by atoms with Crippen molar-refractivity contribution in [1.82, 2.24) is 10.2 Å². The predicted molar refractivity (Wildman–Crippen MR) is 85.2 cm³/mol. The van der Waals surface area contributed by atoms with Crippen LogP contribution in [-0.4, -0.2) is 30.6 Å². The lowest BCUT2D eigenvalue weighted by Crippen LogP contribution is -2.56. The maximum absolute atomic E-state index is 3.91. The summed E-state index contributed by atoms with van der Waals surface area (Å²) >= 11 is 0. The highest BCUT2D eigenvalue weighted by molar-refractivity contribution is 5.38. The van der Waals surface area contributed by atoms with Gasteiger partial charge >= 0.3 is 0 Å². The van der Waals surface area contributed by atoms with Gasteiger partial charge in [-0.1, -0.05) is 12.1 Å². The van der Waals surface area contributed by atoms with Crippen LogP contribution in [0, 0.1) is 26.7 Å². The molecule has 0 spiro atoms. The average Bonchev–Trinajstić information content (AvgIpc) is 2.44. The van der Waals surface area contributed by atoms with E-state index in [2.05, 4.69) is 50.0 Å². The summed E-state index contributed by atoms with van der Waals surface area (Å²) in [5.41, 5.74) is 5.72. The number of aryl methyl sites for hydroxylation is 3. The Labute approximate surface area is 123 Å². The van der Waals surface area contributed by atoms with E-state index in [0.29, 0.717) is 12.1 Å². The molecule has 1 aromatic rings. The van der Waals surface area contributed by atoms with Crippen molar-refractivity contribution in [3.8, 4) is 0 Å². The van der Waals surface area contributed by atoms with Crippen molar-refractivity contribution in [1.29, 1.82) is 0 Å². The van der Waals surface area contributed by atoms with E-state index in [1.54, 1.807) is 0 Å².